The molecule has 3 aromatic rings. The number of aromatic nitrogens is 2. The predicted molar refractivity (Wildman–Crippen MR) is 146 cm³/mol. The SMILES string of the molecule is Cn1cc(N(CCNC(=O)OCc2ccccc2)S(=O)(=O)NC(=O)Cc2c3c(cc4c2CCC4)CCC3)cn1. The van der Waals surface area contributed by atoms with E-state index in [1.54, 1.807) is 7.05 Å². The van der Waals surface area contributed by atoms with Gasteiger partial charge in [-0.3, -0.25) is 9.48 Å². The number of carbonyl (C=O) groups excluding carboxylic acids is 2. The standard InChI is InChI=1S/C28H33N5O5S/c1-32-18-23(17-30-32)33(14-13-29-28(35)38-19-20-7-3-2-4-8-20)39(36,37)31-27(34)16-26-24-11-5-9-21(24)15-22-10-6-12-25(22)26/h2-4,7-8,15,17-18H,5-6,9-14,16,19H2,1H3,(H,29,35)(H,31,34). The third kappa shape index (κ3) is 6.25. The Morgan fingerprint density at radius 2 is 1.74 bits per heavy atom. The highest BCUT2D eigenvalue weighted by atomic mass is 32.2. The molecule has 0 spiro atoms. The first-order valence-electron chi connectivity index (χ1n) is 13.2. The van der Waals surface area contributed by atoms with Crippen molar-refractivity contribution in [1.82, 2.24) is 19.8 Å². The monoisotopic (exact) mass is 551 g/mol. The molecule has 2 amide bonds. The quantitative estimate of drug-likeness (QED) is 0.400. The number of benzene rings is 2. The molecule has 0 fully saturated rings. The summed E-state index contributed by atoms with van der Waals surface area (Å²) in [5.41, 5.74) is 7.13. The van der Waals surface area contributed by atoms with Gasteiger partial charge >= 0.3 is 16.3 Å². The topological polar surface area (TPSA) is 123 Å². The molecule has 0 saturated carbocycles. The van der Waals surface area contributed by atoms with Crippen molar-refractivity contribution in [3.8, 4) is 0 Å². The number of rotatable bonds is 10. The molecule has 2 aliphatic carbocycles. The zero-order chi connectivity index (χ0) is 27.4. The molecule has 5 rings (SSSR count). The van der Waals surface area contributed by atoms with Crippen LogP contribution in [0.25, 0.3) is 0 Å². The fourth-order valence-electron chi connectivity index (χ4n) is 5.50. The van der Waals surface area contributed by atoms with Crippen molar-refractivity contribution in [3.05, 3.63) is 82.2 Å². The van der Waals surface area contributed by atoms with Crippen LogP contribution in [0.1, 0.15) is 46.2 Å². The minimum atomic E-state index is -4.27. The minimum Gasteiger partial charge on any atom is -0.445 e. The van der Waals surface area contributed by atoms with Crippen LogP contribution >= 0.6 is 0 Å². The molecule has 1 heterocycles. The second-order valence-electron chi connectivity index (χ2n) is 9.98. The normalized spacial score (nSPS) is 14.0. The molecule has 0 bridgehead atoms. The molecule has 11 heteroatoms. The number of fused-ring (bicyclic) bond motifs is 2. The summed E-state index contributed by atoms with van der Waals surface area (Å²) < 4.78 is 36.8. The molecule has 0 aliphatic heterocycles. The molecule has 2 aliphatic rings. The lowest BCUT2D eigenvalue weighted by Crippen LogP contribution is -2.47. The Bertz CT molecular complexity index is 1440. The number of nitrogens with zero attached hydrogens (tertiary/aromatic N) is 3. The van der Waals surface area contributed by atoms with E-state index in [2.05, 4.69) is 21.2 Å². The zero-order valence-corrected chi connectivity index (χ0v) is 22.8. The number of ether oxygens (including phenoxy) is 1. The maximum atomic E-state index is 13.4. The summed E-state index contributed by atoms with van der Waals surface area (Å²) in [6, 6.07) is 11.5. The molecule has 2 N–H and O–H groups in total. The maximum Gasteiger partial charge on any atom is 0.407 e. The van der Waals surface area contributed by atoms with Crippen molar-refractivity contribution in [2.24, 2.45) is 7.05 Å². The number of aryl methyl sites for hydroxylation is 3. The molecule has 206 valence electrons. The summed E-state index contributed by atoms with van der Waals surface area (Å²) >= 11 is 0. The van der Waals surface area contributed by atoms with Crippen molar-refractivity contribution >= 4 is 27.9 Å². The van der Waals surface area contributed by atoms with E-state index in [0.29, 0.717) is 0 Å². The first-order valence-corrected chi connectivity index (χ1v) is 14.7. The van der Waals surface area contributed by atoms with Crippen LogP contribution in [-0.2, 0) is 65.5 Å². The van der Waals surface area contributed by atoms with Gasteiger partial charge in [0, 0.05) is 19.8 Å². The highest BCUT2D eigenvalue weighted by Gasteiger charge is 2.29. The van der Waals surface area contributed by atoms with E-state index in [1.165, 1.54) is 39.3 Å². The summed E-state index contributed by atoms with van der Waals surface area (Å²) in [4.78, 5) is 25.3. The number of anilines is 1. The number of carbonyl (C=O) groups is 2. The van der Waals surface area contributed by atoms with Crippen LogP contribution in [0.4, 0.5) is 10.5 Å². The third-order valence-corrected chi connectivity index (χ3v) is 8.70. The van der Waals surface area contributed by atoms with E-state index in [1.807, 2.05) is 30.3 Å². The van der Waals surface area contributed by atoms with Gasteiger partial charge in [-0.05, 0) is 71.9 Å². The zero-order valence-electron chi connectivity index (χ0n) is 22.0. The van der Waals surface area contributed by atoms with Crippen molar-refractivity contribution in [2.75, 3.05) is 17.4 Å². The van der Waals surface area contributed by atoms with Crippen LogP contribution in [0.2, 0.25) is 0 Å². The second kappa shape index (κ2) is 11.5. The number of nitrogens with one attached hydrogen (secondary N) is 2. The average Bonchev–Trinajstić information content (AvgIpc) is 3.66. The third-order valence-electron chi connectivity index (χ3n) is 7.24. The van der Waals surface area contributed by atoms with Crippen molar-refractivity contribution in [1.29, 1.82) is 0 Å². The molecular weight excluding hydrogens is 518 g/mol. The predicted octanol–water partition coefficient (Wildman–Crippen LogP) is 2.73. The van der Waals surface area contributed by atoms with Gasteiger partial charge < -0.3 is 10.1 Å². The van der Waals surface area contributed by atoms with Gasteiger partial charge in [0.1, 0.15) is 6.61 Å². The summed E-state index contributed by atoms with van der Waals surface area (Å²) in [6.07, 6.45) is 8.26. The van der Waals surface area contributed by atoms with Gasteiger partial charge in [-0.25, -0.2) is 13.8 Å². The molecule has 1 aromatic heterocycles. The Morgan fingerprint density at radius 3 is 2.38 bits per heavy atom. The van der Waals surface area contributed by atoms with Gasteiger partial charge in [0.05, 0.1) is 24.8 Å². The van der Waals surface area contributed by atoms with Crippen LogP contribution in [0, 0.1) is 0 Å². The Labute approximate surface area is 228 Å². The summed E-state index contributed by atoms with van der Waals surface area (Å²) in [7, 11) is -2.61. The van der Waals surface area contributed by atoms with Gasteiger partial charge in [0.2, 0.25) is 5.91 Å². The van der Waals surface area contributed by atoms with Crippen LogP contribution in [0.15, 0.2) is 48.8 Å². The van der Waals surface area contributed by atoms with E-state index in [9.17, 15) is 18.0 Å². The Kier molecular flexibility index (Phi) is 7.87. The largest absolute Gasteiger partial charge is 0.445 e. The van der Waals surface area contributed by atoms with E-state index in [-0.39, 0.29) is 31.8 Å². The smallest absolute Gasteiger partial charge is 0.407 e. The van der Waals surface area contributed by atoms with E-state index in [4.69, 9.17) is 4.74 Å². The van der Waals surface area contributed by atoms with Crippen LogP contribution in [0.3, 0.4) is 0 Å². The first-order chi connectivity index (χ1) is 18.8. The number of amides is 2. The molecule has 0 atom stereocenters. The van der Waals surface area contributed by atoms with Crippen LogP contribution < -0.4 is 14.3 Å². The van der Waals surface area contributed by atoms with Crippen LogP contribution in [-0.4, -0.2) is 43.3 Å². The van der Waals surface area contributed by atoms with Crippen molar-refractivity contribution in [3.63, 3.8) is 0 Å². The number of hydrogen-bond acceptors (Lipinski definition) is 6. The van der Waals surface area contributed by atoms with Gasteiger partial charge in [-0.15, -0.1) is 0 Å². The van der Waals surface area contributed by atoms with Crippen molar-refractivity contribution < 1.29 is 22.7 Å². The number of hydrogen-bond donors (Lipinski definition) is 2. The van der Waals surface area contributed by atoms with Gasteiger partial charge in [0.25, 0.3) is 0 Å². The fraction of sp³-hybridized carbons (Fsp3) is 0.393. The lowest BCUT2D eigenvalue weighted by atomic mass is 9.92. The maximum absolute atomic E-state index is 13.4. The highest BCUT2D eigenvalue weighted by molar-refractivity contribution is 7.91. The summed E-state index contributed by atoms with van der Waals surface area (Å²) in [5, 5.41) is 6.64. The highest BCUT2D eigenvalue weighted by Crippen LogP contribution is 2.35. The summed E-state index contributed by atoms with van der Waals surface area (Å²) in [6.45, 7) is -0.0531. The average molecular weight is 552 g/mol. The Balaban J connectivity index is 1.24. The Morgan fingerprint density at radius 1 is 1.05 bits per heavy atom. The summed E-state index contributed by atoms with van der Waals surface area (Å²) in [5.74, 6) is -0.575. The van der Waals surface area contributed by atoms with E-state index < -0.39 is 22.2 Å². The molecule has 39 heavy (non-hydrogen) atoms. The molecule has 0 radical (unpaired) electrons. The van der Waals surface area contributed by atoms with E-state index >= 15 is 0 Å². The molecular formula is C28H33N5O5S. The molecule has 0 saturated heterocycles. The molecule has 0 unspecified atom stereocenters. The van der Waals surface area contributed by atoms with Gasteiger partial charge in [-0.1, -0.05) is 36.4 Å². The first kappa shape index (κ1) is 26.7. The minimum absolute atomic E-state index is 0.0235. The molecule has 2 aromatic carbocycles. The van der Waals surface area contributed by atoms with Gasteiger partial charge in [-0.2, -0.15) is 13.5 Å². The molecule has 10 nitrogen and oxygen atoms in total. The van der Waals surface area contributed by atoms with Crippen LogP contribution in [0.5, 0.6) is 0 Å². The lowest BCUT2D eigenvalue weighted by Gasteiger charge is -2.23. The fourth-order valence-corrected chi connectivity index (χ4v) is 6.68. The van der Waals surface area contributed by atoms with E-state index in [0.717, 1.165) is 54.0 Å². The lowest BCUT2D eigenvalue weighted by molar-refractivity contribution is -0.118. The Hall–Kier alpha value is -3.86. The second-order valence-corrected chi connectivity index (χ2v) is 11.6. The number of alkyl carbamates (subject to hydrolysis) is 1. The van der Waals surface area contributed by atoms with Crippen molar-refractivity contribution in [2.45, 2.75) is 51.6 Å². The van der Waals surface area contributed by atoms with Gasteiger partial charge in [0.15, 0.2) is 0 Å².